The first-order valence-corrected chi connectivity index (χ1v) is 6.18. The van der Waals surface area contributed by atoms with E-state index in [4.69, 9.17) is 0 Å². The van der Waals surface area contributed by atoms with Crippen LogP contribution in [-0.4, -0.2) is 27.9 Å². The fraction of sp³-hybridized carbons (Fsp3) is 0.600. The van der Waals surface area contributed by atoms with Crippen molar-refractivity contribution < 1.29 is 31.1 Å². The van der Waals surface area contributed by atoms with E-state index in [2.05, 4.69) is 21.0 Å². The van der Waals surface area contributed by atoms with Crippen LogP contribution in [0.15, 0.2) is 10.7 Å². The SMILES string of the molecule is CCCn1ncc(Br)c1C(=O)C(C(F)(F)F)C(F)(F)F. The number of aromatic nitrogens is 2. The molecule has 0 unspecified atom stereocenters. The average molecular weight is 367 g/mol. The molecule has 0 aromatic carbocycles. The number of carbonyl (C=O) groups is 1. The summed E-state index contributed by atoms with van der Waals surface area (Å²) >= 11 is 2.75. The third kappa shape index (κ3) is 3.53. The van der Waals surface area contributed by atoms with Crippen molar-refractivity contribution in [3.63, 3.8) is 0 Å². The summed E-state index contributed by atoms with van der Waals surface area (Å²) < 4.78 is 75.8. The highest BCUT2D eigenvalue weighted by Gasteiger charge is 2.61. The zero-order valence-electron chi connectivity index (χ0n) is 10.0. The molecular formula is C10H9BrF6N2O. The van der Waals surface area contributed by atoms with Crippen LogP contribution in [0.25, 0.3) is 0 Å². The highest BCUT2D eigenvalue weighted by atomic mass is 79.9. The van der Waals surface area contributed by atoms with E-state index in [0.29, 0.717) is 6.42 Å². The molecule has 0 radical (unpaired) electrons. The van der Waals surface area contributed by atoms with Crippen LogP contribution in [0.3, 0.4) is 0 Å². The van der Waals surface area contributed by atoms with Crippen molar-refractivity contribution in [2.24, 2.45) is 5.92 Å². The fourth-order valence-electron chi connectivity index (χ4n) is 1.61. The topological polar surface area (TPSA) is 34.9 Å². The Bertz CT molecular complexity index is 479. The van der Waals surface area contributed by atoms with Crippen LogP contribution in [-0.2, 0) is 6.54 Å². The van der Waals surface area contributed by atoms with Gasteiger partial charge in [-0.05, 0) is 22.4 Å². The molecule has 10 heteroatoms. The van der Waals surface area contributed by atoms with E-state index >= 15 is 0 Å². The van der Waals surface area contributed by atoms with Gasteiger partial charge in [-0.2, -0.15) is 31.4 Å². The van der Waals surface area contributed by atoms with Crippen LogP contribution in [0.5, 0.6) is 0 Å². The number of Topliss-reactive ketones (excluding diaryl/α,β-unsaturated/α-hetero) is 1. The summed E-state index contributed by atoms with van der Waals surface area (Å²) in [6.45, 7) is 1.68. The van der Waals surface area contributed by atoms with Gasteiger partial charge in [0.25, 0.3) is 0 Å². The van der Waals surface area contributed by atoms with Gasteiger partial charge in [-0.15, -0.1) is 0 Å². The van der Waals surface area contributed by atoms with E-state index in [1.54, 1.807) is 6.92 Å². The molecule has 1 rings (SSSR count). The molecular weight excluding hydrogens is 358 g/mol. The maximum absolute atomic E-state index is 12.5. The predicted molar refractivity (Wildman–Crippen MR) is 60.1 cm³/mol. The second kappa shape index (κ2) is 5.74. The Labute approximate surface area is 118 Å². The van der Waals surface area contributed by atoms with Crippen LogP contribution in [0.2, 0.25) is 0 Å². The molecule has 1 aromatic rings. The maximum atomic E-state index is 12.5. The smallest absolute Gasteiger partial charge is 0.291 e. The van der Waals surface area contributed by atoms with E-state index in [0.717, 1.165) is 10.9 Å². The number of carbonyl (C=O) groups excluding carboxylic acids is 1. The Hall–Kier alpha value is -1.06. The van der Waals surface area contributed by atoms with Gasteiger partial charge in [0.05, 0.1) is 10.7 Å². The molecule has 0 fully saturated rings. The molecule has 0 N–H and O–H groups in total. The lowest BCUT2D eigenvalue weighted by Crippen LogP contribution is -2.43. The molecule has 0 aliphatic rings. The first kappa shape index (κ1) is 17.0. The minimum Gasteiger partial charge on any atom is -0.291 e. The Kier molecular flexibility index (Phi) is 4.88. The van der Waals surface area contributed by atoms with Crippen molar-refractivity contribution in [1.29, 1.82) is 0 Å². The molecule has 1 aromatic heterocycles. The lowest BCUT2D eigenvalue weighted by atomic mass is 10.0. The van der Waals surface area contributed by atoms with Crippen molar-refractivity contribution >= 4 is 21.7 Å². The first-order chi connectivity index (χ1) is 9.00. The number of aryl methyl sites for hydroxylation is 1. The molecule has 0 aliphatic heterocycles. The van der Waals surface area contributed by atoms with Crippen LogP contribution >= 0.6 is 15.9 Å². The third-order valence-corrected chi connectivity index (χ3v) is 2.96. The number of rotatable bonds is 4. The van der Waals surface area contributed by atoms with Gasteiger partial charge in [0, 0.05) is 6.54 Å². The zero-order chi connectivity index (χ0) is 15.7. The van der Waals surface area contributed by atoms with Crippen LogP contribution < -0.4 is 0 Å². The van der Waals surface area contributed by atoms with Gasteiger partial charge < -0.3 is 0 Å². The lowest BCUT2D eigenvalue weighted by Gasteiger charge is -2.22. The number of hydrogen-bond donors (Lipinski definition) is 0. The number of hydrogen-bond acceptors (Lipinski definition) is 2. The monoisotopic (exact) mass is 366 g/mol. The van der Waals surface area contributed by atoms with Gasteiger partial charge in [-0.1, -0.05) is 6.92 Å². The molecule has 114 valence electrons. The van der Waals surface area contributed by atoms with Crippen molar-refractivity contribution in [1.82, 2.24) is 9.78 Å². The molecule has 3 nitrogen and oxygen atoms in total. The van der Waals surface area contributed by atoms with Crippen LogP contribution in [0.1, 0.15) is 23.8 Å². The fourth-order valence-corrected chi connectivity index (χ4v) is 2.10. The van der Waals surface area contributed by atoms with Gasteiger partial charge >= 0.3 is 12.4 Å². The summed E-state index contributed by atoms with van der Waals surface area (Å²) in [6.07, 6.45) is -10.0. The quantitative estimate of drug-likeness (QED) is 0.596. The van der Waals surface area contributed by atoms with E-state index in [1.807, 2.05) is 0 Å². The van der Waals surface area contributed by atoms with Crippen molar-refractivity contribution in [2.45, 2.75) is 32.2 Å². The maximum Gasteiger partial charge on any atom is 0.407 e. The van der Waals surface area contributed by atoms with E-state index in [-0.39, 0.29) is 11.0 Å². The second-order valence-electron chi connectivity index (χ2n) is 3.94. The van der Waals surface area contributed by atoms with Gasteiger partial charge in [0.2, 0.25) is 11.7 Å². The Morgan fingerprint density at radius 3 is 2.20 bits per heavy atom. The summed E-state index contributed by atoms with van der Waals surface area (Å²) in [7, 11) is 0. The van der Waals surface area contributed by atoms with Gasteiger partial charge in [0.1, 0.15) is 5.69 Å². The lowest BCUT2D eigenvalue weighted by molar-refractivity contribution is -0.265. The van der Waals surface area contributed by atoms with E-state index in [9.17, 15) is 31.1 Å². The summed E-state index contributed by atoms with van der Waals surface area (Å²) in [5.74, 6) is -6.12. The van der Waals surface area contributed by atoms with Crippen LogP contribution in [0.4, 0.5) is 26.3 Å². The molecule has 0 amide bonds. The Balaban J connectivity index is 3.30. The molecule has 1 heterocycles. The van der Waals surface area contributed by atoms with Crippen molar-refractivity contribution in [3.8, 4) is 0 Å². The molecule has 0 saturated carbocycles. The van der Waals surface area contributed by atoms with Gasteiger partial charge in [-0.25, -0.2) is 0 Å². The predicted octanol–water partition coefficient (Wildman–Crippen LogP) is 3.98. The Morgan fingerprint density at radius 1 is 1.30 bits per heavy atom. The molecule has 0 bridgehead atoms. The number of halogens is 7. The Morgan fingerprint density at radius 2 is 1.80 bits per heavy atom. The zero-order valence-corrected chi connectivity index (χ0v) is 11.6. The van der Waals surface area contributed by atoms with E-state index < -0.39 is 29.7 Å². The summed E-state index contributed by atoms with van der Waals surface area (Å²) in [4.78, 5) is 11.7. The van der Waals surface area contributed by atoms with Crippen molar-refractivity contribution in [2.75, 3.05) is 0 Å². The molecule has 0 aliphatic carbocycles. The van der Waals surface area contributed by atoms with E-state index in [1.165, 1.54) is 0 Å². The van der Waals surface area contributed by atoms with Crippen molar-refractivity contribution in [3.05, 3.63) is 16.4 Å². The third-order valence-electron chi connectivity index (χ3n) is 2.38. The largest absolute Gasteiger partial charge is 0.407 e. The number of nitrogens with zero attached hydrogens (tertiary/aromatic N) is 2. The minimum absolute atomic E-state index is 0.0368. The highest BCUT2D eigenvalue weighted by molar-refractivity contribution is 9.10. The normalized spacial score (nSPS) is 13.1. The highest BCUT2D eigenvalue weighted by Crippen LogP contribution is 2.42. The molecule has 0 saturated heterocycles. The summed E-state index contributed by atoms with van der Waals surface area (Å²) in [5.41, 5.74) is -0.730. The number of ketones is 1. The first-order valence-electron chi connectivity index (χ1n) is 5.39. The summed E-state index contributed by atoms with van der Waals surface area (Å²) in [6, 6.07) is 0. The second-order valence-corrected chi connectivity index (χ2v) is 4.80. The average Bonchev–Trinajstić information content (AvgIpc) is 2.55. The summed E-state index contributed by atoms with van der Waals surface area (Å²) in [5, 5.41) is 3.59. The molecule has 0 spiro atoms. The van der Waals surface area contributed by atoms with Gasteiger partial charge in [0.15, 0.2) is 0 Å². The minimum atomic E-state index is -5.71. The standard InChI is InChI=1S/C10H9BrF6N2O/c1-2-3-19-6(5(11)4-18-19)7(20)8(9(12,13)14)10(15,16)17/h4,8H,2-3H2,1H3. The van der Waals surface area contributed by atoms with Gasteiger partial charge in [-0.3, -0.25) is 9.48 Å². The van der Waals surface area contributed by atoms with Crippen LogP contribution in [0, 0.1) is 5.92 Å². The number of alkyl halides is 6. The molecule has 20 heavy (non-hydrogen) atoms. The molecule has 0 atom stereocenters.